The average molecular weight is 201 g/mol. The fourth-order valence-corrected chi connectivity index (χ4v) is 2.06. The average Bonchev–Trinajstić information content (AvgIpc) is 2.19. The Morgan fingerprint density at radius 2 is 2.00 bits per heavy atom. The Bertz CT molecular complexity index is 198. The van der Waals surface area contributed by atoms with E-state index >= 15 is 0 Å². The van der Waals surface area contributed by atoms with E-state index in [1.54, 1.807) is 0 Å². The zero-order valence-corrected chi connectivity index (χ0v) is 8.70. The van der Waals surface area contributed by atoms with Crippen molar-refractivity contribution in [2.75, 3.05) is 26.2 Å². The van der Waals surface area contributed by atoms with E-state index in [-0.39, 0.29) is 6.61 Å². The van der Waals surface area contributed by atoms with E-state index in [4.69, 9.17) is 10.2 Å². The molecule has 0 spiro atoms. The van der Waals surface area contributed by atoms with Gasteiger partial charge in [0.1, 0.15) is 0 Å². The van der Waals surface area contributed by atoms with Crippen LogP contribution in [0.5, 0.6) is 0 Å². The molecule has 0 aromatic heterocycles. The molecule has 0 aromatic carbocycles. The molecule has 0 atom stereocenters. The molecule has 1 saturated heterocycles. The van der Waals surface area contributed by atoms with Crippen LogP contribution in [0.1, 0.15) is 26.2 Å². The van der Waals surface area contributed by atoms with E-state index in [0.29, 0.717) is 25.8 Å². The highest BCUT2D eigenvalue weighted by molar-refractivity contribution is 5.74. The molecule has 0 radical (unpaired) electrons. The van der Waals surface area contributed by atoms with E-state index in [2.05, 4.69) is 4.90 Å². The first-order chi connectivity index (χ1) is 6.64. The van der Waals surface area contributed by atoms with Gasteiger partial charge in [0.25, 0.3) is 0 Å². The Morgan fingerprint density at radius 1 is 1.43 bits per heavy atom. The Hall–Kier alpha value is -0.610. The lowest BCUT2D eigenvalue weighted by Crippen LogP contribution is -2.44. The minimum atomic E-state index is -0.663. The van der Waals surface area contributed by atoms with Crippen LogP contribution in [0.2, 0.25) is 0 Å². The van der Waals surface area contributed by atoms with Gasteiger partial charge in [-0.25, -0.2) is 0 Å². The molecule has 0 bridgehead atoms. The summed E-state index contributed by atoms with van der Waals surface area (Å²) < 4.78 is 0. The number of hydrogen-bond acceptors (Lipinski definition) is 3. The molecule has 1 rings (SSSR count). The van der Waals surface area contributed by atoms with E-state index in [1.165, 1.54) is 0 Å². The minimum absolute atomic E-state index is 0.159. The van der Waals surface area contributed by atoms with E-state index in [0.717, 1.165) is 13.1 Å². The van der Waals surface area contributed by atoms with Crippen molar-refractivity contribution in [2.24, 2.45) is 5.41 Å². The number of carbonyl (C=O) groups is 1. The van der Waals surface area contributed by atoms with Crippen LogP contribution >= 0.6 is 0 Å². The smallest absolute Gasteiger partial charge is 0.309 e. The zero-order valence-electron chi connectivity index (χ0n) is 8.70. The van der Waals surface area contributed by atoms with Crippen LogP contribution in [0.4, 0.5) is 0 Å². The summed E-state index contributed by atoms with van der Waals surface area (Å²) in [5.74, 6) is -0.663. The Kier molecular flexibility index (Phi) is 3.89. The van der Waals surface area contributed by atoms with Crippen molar-refractivity contribution in [3.8, 4) is 0 Å². The monoisotopic (exact) mass is 201 g/mol. The standard InChI is InChI=1S/C10H19NO3/c1-2-10(9(13)14)3-5-11(6-4-10)7-8-12/h12H,2-8H2,1H3,(H,13,14). The van der Waals surface area contributed by atoms with Gasteiger partial charge in [0.2, 0.25) is 0 Å². The topological polar surface area (TPSA) is 60.8 Å². The number of aliphatic hydroxyl groups excluding tert-OH is 1. The van der Waals surface area contributed by atoms with Crippen LogP contribution in [0, 0.1) is 5.41 Å². The molecule has 0 aliphatic carbocycles. The summed E-state index contributed by atoms with van der Waals surface area (Å²) in [5.41, 5.74) is -0.508. The van der Waals surface area contributed by atoms with Gasteiger partial charge in [-0.15, -0.1) is 0 Å². The van der Waals surface area contributed by atoms with Crippen LogP contribution in [-0.4, -0.2) is 47.3 Å². The maximum Gasteiger partial charge on any atom is 0.309 e. The van der Waals surface area contributed by atoms with E-state index in [1.807, 2.05) is 6.92 Å². The first kappa shape index (κ1) is 11.5. The number of nitrogens with zero attached hydrogens (tertiary/aromatic N) is 1. The lowest BCUT2D eigenvalue weighted by Gasteiger charge is -2.38. The molecule has 4 heteroatoms. The Morgan fingerprint density at radius 3 is 2.36 bits per heavy atom. The molecule has 4 nitrogen and oxygen atoms in total. The van der Waals surface area contributed by atoms with Gasteiger partial charge in [-0.3, -0.25) is 4.79 Å². The second kappa shape index (κ2) is 4.75. The van der Waals surface area contributed by atoms with Gasteiger partial charge in [-0.1, -0.05) is 6.92 Å². The number of aliphatic hydroxyl groups is 1. The normalized spacial score (nSPS) is 22.1. The number of rotatable bonds is 4. The molecule has 14 heavy (non-hydrogen) atoms. The van der Waals surface area contributed by atoms with Crippen molar-refractivity contribution in [1.29, 1.82) is 0 Å². The Labute approximate surface area is 84.5 Å². The molecule has 1 aliphatic heterocycles. The van der Waals surface area contributed by atoms with Gasteiger partial charge in [-0.2, -0.15) is 0 Å². The Balaban J connectivity index is 2.50. The van der Waals surface area contributed by atoms with Crippen molar-refractivity contribution < 1.29 is 15.0 Å². The maximum absolute atomic E-state index is 11.1. The predicted octanol–water partition coefficient (Wildman–Crippen LogP) is 0.556. The second-order valence-corrected chi connectivity index (χ2v) is 4.00. The summed E-state index contributed by atoms with van der Waals surface area (Å²) in [6, 6.07) is 0. The van der Waals surface area contributed by atoms with Crippen LogP contribution in [0.25, 0.3) is 0 Å². The molecule has 1 fully saturated rings. The number of hydrogen-bond donors (Lipinski definition) is 2. The summed E-state index contributed by atoms with van der Waals surface area (Å²) in [6.07, 6.45) is 2.12. The summed E-state index contributed by atoms with van der Waals surface area (Å²) in [7, 11) is 0. The largest absolute Gasteiger partial charge is 0.481 e. The number of carboxylic acid groups (broad SMARTS) is 1. The third-order valence-corrected chi connectivity index (χ3v) is 3.36. The van der Waals surface area contributed by atoms with Crippen molar-refractivity contribution in [3.63, 3.8) is 0 Å². The number of aliphatic carboxylic acids is 1. The van der Waals surface area contributed by atoms with Crippen molar-refractivity contribution in [1.82, 2.24) is 4.90 Å². The van der Waals surface area contributed by atoms with Gasteiger partial charge in [0.15, 0.2) is 0 Å². The minimum Gasteiger partial charge on any atom is -0.481 e. The van der Waals surface area contributed by atoms with E-state index in [9.17, 15) is 4.79 Å². The molecular weight excluding hydrogens is 182 g/mol. The number of carboxylic acids is 1. The second-order valence-electron chi connectivity index (χ2n) is 4.00. The van der Waals surface area contributed by atoms with Crippen LogP contribution in [0.3, 0.4) is 0 Å². The lowest BCUT2D eigenvalue weighted by atomic mass is 9.76. The molecular formula is C10H19NO3. The molecule has 0 unspecified atom stereocenters. The van der Waals surface area contributed by atoms with Gasteiger partial charge in [0, 0.05) is 6.54 Å². The summed E-state index contributed by atoms with van der Waals surface area (Å²) in [4.78, 5) is 13.2. The number of likely N-dealkylation sites (tertiary alicyclic amines) is 1. The third-order valence-electron chi connectivity index (χ3n) is 3.36. The van der Waals surface area contributed by atoms with Gasteiger partial charge >= 0.3 is 5.97 Å². The summed E-state index contributed by atoms with van der Waals surface area (Å²) in [5, 5.41) is 17.9. The maximum atomic E-state index is 11.1. The molecule has 0 saturated carbocycles. The highest BCUT2D eigenvalue weighted by atomic mass is 16.4. The lowest BCUT2D eigenvalue weighted by molar-refractivity contribution is -0.152. The van der Waals surface area contributed by atoms with Crippen molar-refractivity contribution in [3.05, 3.63) is 0 Å². The van der Waals surface area contributed by atoms with Crippen molar-refractivity contribution in [2.45, 2.75) is 26.2 Å². The molecule has 1 aliphatic rings. The molecule has 0 amide bonds. The predicted molar refractivity (Wildman–Crippen MR) is 53.1 cm³/mol. The van der Waals surface area contributed by atoms with Crippen LogP contribution < -0.4 is 0 Å². The molecule has 2 N–H and O–H groups in total. The molecule has 0 aromatic rings. The third kappa shape index (κ3) is 2.25. The fourth-order valence-electron chi connectivity index (χ4n) is 2.06. The first-order valence-corrected chi connectivity index (χ1v) is 5.21. The zero-order chi connectivity index (χ0) is 10.6. The first-order valence-electron chi connectivity index (χ1n) is 5.21. The molecule has 1 heterocycles. The van der Waals surface area contributed by atoms with E-state index < -0.39 is 11.4 Å². The number of β-amino-alcohol motifs (C(OH)–C–C–N with tert-alkyl or cyclic N) is 1. The highest BCUT2D eigenvalue weighted by Crippen LogP contribution is 2.34. The van der Waals surface area contributed by atoms with Gasteiger partial charge in [-0.05, 0) is 32.4 Å². The summed E-state index contributed by atoms with van der Waals surface area (Å²) in [6.45, 7) is 4.35. The summed E-state index contributed by atoms with van der Waals surface area (Å²) >= 11 is 0. The SMILES string of the molecule is CCC1(C(=O)O)CCN(CCO)CC1. The van der Waals surface area contributed by atoms with Crippen LogP contribution in [0.15, 0.2) is 0 Å². The highest BCUT2D eigenvalue weighted by Gasteiger charge is 2.39. The van der Waals surface area contributed by atoms with Gasteiger partial charge in [0.05, 0.1) is 12.0 Å². The van der Waals surface area contributed by atoms with Crippen molar-refractivity contribution >= 4 is 5.97 Å². The quantitative estimate of drug-likeness (QED) is 0.697. The number of piperidine rings is 1. The van der Waals surface area contributed by atoms with Crippen LogP contribution in [-0.2, 0) is 4.79 Å². The fraction of sp³-hybridized carbons (Fsp3) is 0.900. The van der Waals surface area contributed by atoms with Gasteiger partial charge < -0.3 is 15.1 Å². The molecule has 82 valence electrons.